The molecule has 1 aromatic carbocycles. The maximum absolute atomic E-state index is 14.2. The number of nitrogens with zero attached hydrogens (tertiary/aromatic N) is 4. The molecule has 8 nitrogen and oxygen atoms in total. The van der Waals surface area contributed by atoms with Crippen LogP contribution in [0, 0.1) is 4.91 Å². The molecule has 1 saturated heterocycles. The second-order valence-electron chi connectivity index (χ2n) is 11.7. The van der Waals surface area contributed by atoms with Crippen LogP contribution < -0.4 is 4.90 Å². The Hall–Kier alpha value is -2.81. The molecule has 2 aromatic rings. The second-order valence-corrected chi connectivity index (χ2v) is 12.5. The van der Waals surface area contributed by atoms with Gasteiger partial charge in [0, 0.05) is 34.9 Å². The Morgan fingerprint density at radius 2 is 1.82 bits per heavy atom. The van der Waals surface area contributed by atoms with Gasteiger partial charge in [0.1, 0.15) is 18.0 Å². The highest BCUT2D eigenvalue weighted by molar-refractivity contribution is 9.10. The van der Waals surface area contributed by atoms with Crippen molar-refractivity contribution in [1.82, 2.24) is 9.88 Å². The van der Waals surface area contributed by atoms with Crippen molar-refractivity contribution in [3.63, 3.8) is 0 Å². The summed E-state index contributed by atoms with van der Waals surface area (Å²) in [5, 5.41) is 3.12. The zero-order valence-corrected chi connectivity index (χ0v) is 25.9. The highest BCUT2D eigenvalue weighted by Crippen LogP contribution is 2.53. The molecule has 2 amide bonds. The molecule has 3 aliphatic rings. The molecule has 1 aliphatic carbocycles. The minimum atomic E-state index is -0.595. The van der Waals surface area contributed by atoms with E-state index in [4.69, 9.17) is 9.72 Å². The van der Waals surface area contributed by atoms with Crippen LogP contribution in [0.2, 0.25) is 0 Å². The monoisotopic (exact) mass is 612 g/mol. The quantitative estimate of drug-likeness (QED) is 0.325. The Balaban J connectivity index is 0.00000181. The number of pyridine rings is 1. The average molecular weight is 614 g/mol. The van der Waals surface area contributed by atoms with Crippen LogP contribution in [0.5, 0.6) is 0 Å². The van der Waals surface area contributed by atoms with E-state index in [9.17, 15) is 14.5 Å². The smallest absolute Gasteiger partial charge is 0.410 e. The fourth-order valence-corrected chi connectivity index (χ4v) is 6.70. The van der Waals surface area contributed by atoms with Gasteiger partial charge in [0.2, 0.25) is 5.91 Å². The Morgan fingerprint density at radius 1 is 1.15 bits per heavy atom. The summed E-state index contributed by atoms with van der Waals surface area (Å²) in [5.74, 6) is 0.968. The zero-order chi connectivity index (χ0) is 29.1. The number of likely N-dealkylation sites (tertiary alicyclic amines) is 1. The van der Waals surface area contributed by atoms with E-state index in [1.165, 1.54) is 0 Å². The summed E-state index contributed by atoms with van der Waals surface area (Å²) < 4.78 is 6.31. The molecule has 0 bridgehead atoms. The van der Waals surface area contributed by atoms with Crippen molar-refractivity contribution in [2.24, 2.45) is 5.18 Å². The number of fused-ring (bicyclic) bond motifs is 2. The van der Waals surface area contributed by atoms with Crippen molar-refractivity contribution in [1.29, 1.82) is 0 Å². The molecule has 1 aromatic heterocycles. The number of anilines is 2. The lowest BCUT2D eigenvalue weighted by Gasteiger charge is -2.34. The Bertz CT molecular complexity index is 1240. The van der Waals surface area contributed by atoms with Crippen molar-refractivity contribution >= 4 is 39.4 Å². The normalized spacial score (nSPS) is 18.7. The maximum atomic E-state index is 14.2. The van der Waals surface area contributed by atoms with Crippen molar-refractivity contribution in [2.45, 2.75) is 103 Å². The first-order valence-electron chi connectivity index (χ1n) is 14.5. The number of carbonyl (C=O) groups excluding carboxylic acids is 2. The van der Waals surface area contributed by atoms with Gasteiger partial charge in [-0.15, -0.1) is 0 Å². The molecule has 0 atom stereocenters. The third kappa shape index (κ3) is 5.80. The van der Waals surface area contributed by atoms with Gasteiger partial charge in [0.25, 0.3) is 0 Å². The van der Waals surface area contributed by atoms with Crippen LogP contribution in [-0.2, 0) is 21.5 Å². The molecule has 9 heteroatoms. The van der Waals surface area contributed by atoms with Crippen LogP contribution >= 0.6 is 15.9 Å². The van der Waals surface area contributed by atoms with Crippen molar-refractivity contribution in [2.75, 3.05) is 18.0 Å². The van der Waals surface area contributed by atoms with E-state index in [1.807, 2.05) is 59.0 Å². The molecule has 40 heavy (non-hydrogen) atoms. The van der Waals surface area contributed by atoms with E-state index in [-0.39, 0.29) is 24.5 Å². The first-order valence-corrected chi connectivity index (χ1v) is 15.3. The summed E-state index contributed by atoms with van der Waals surface area (Å²) in [7, 11) is 0. The number of rotatable bonds is 4. The number of piperidine rings is 1. The molecule has 5 rings (SSSR count). The third-order valence-corrected chi connectivity index (χ3v) is 8.85. The molecule has 2 fully saturated rings. The van der Waals surface area contributed by atoms with Crippen molar-refractivity contribution in [3.8, 4) is 0 Å². The number of halogens is 1. The predicted molar refractivity (Wildman–Crippen MR) is 161 cm³/mol. The van der Waals surface area contributed by atoms with Crippen molar-refractivity contribution < 1.29 is 14.3 Å². The fourth-order valence-electron chi connectivity index (χ4n) is 6.21. The Kier molecular flexibility index (Phi) is 9.33. The predicted octanol–water partition coefficient (Wildman–Crippen LogP) is 8.13. The van der Waals surface area contributed by atoms with Gasteiger partial charge in [-0.1, -0.05) is 60.3 Å². The first kappa shape index (κ1) is 30.2. The minimum absolute atomic E-state index is 0.0306. The summed E-state index contributed by atoms with van der Waals surface area (Å²) in [6.45, 7) is 10.9. The lowest BCUT2D eigenvalue weighted by atomic mass is 9.70. The van der Waals surface area contributed by atoms with Gasteiger partial charge in [-0.25, -0.2) is 9.78 Å². The molecular formula is C31H41BrN4O4. The lowest BCUT2D eigenvalue weighted by molar-refractivity contribution is -0.123. The number of benzene rings is 1. The van der Waals surface area contributed by atoms with E-state index >= 15 is 0 Å². The molecule has 1 saturated carbocycles. The van der Waals surface area contributed by atoms with Crippen LogP contribution in [-0.4, -0.2) is 40.6 Å². The van der Waals surface area contributed by atoms with Gasteiger partial charge in [0.05, 0.1) is 11.1 Å². The van der Waals surface area contributed by atoms with Crippen LogP contribution in [0.25, 0.3) is 0 Å². The number of amides is 2. The van der Waals surface area contributed by atoms with Gasteiger partial charge >= 0.3 is 6.09 Å². The van der Waals surface area contributed by atoms with Crippen LogP contribution in [0.1, 0.15) is 102 Å². The van der Waals surface area contributed by atoms with E-state index in [2.05, 4.69) is 27.2 Å². The molecule has 0 radical (unpaired) electrons. The number of ether oxygens (including phenoxy) is 1. The Morgan fingerprint density at radius 3 is 2.45 bits per heavy atom. The molecule has 3 heterocycles. The minimum Gasteiger partial charge on any atom is -0.444 e. The number of nitroso groups, excluding NO2 is 1. The van der Waals surface area contributed by atoms with E-state index in [1.54, 1.807) is 9.80 Å². The van der Waals surface area contributed by atoms with E-state index < -0.39 is 11.0 Å². The molecule has 1 spiro atoms. The van der Waals surface area contributed by atoms with E-state index in [0.29, 0.717) is 30.2 Å². The van der Waals surface area contributed by atoms with E-state index in [0.717, 1.165) is 60.5 Å². The molecule has 2 aliphatic heterocycles. The third-order valence-electron chi connectivity index (χ3n) is 8.11. The summed E-state index contributed by atoms with van der Waals surface area (Å²) in [6.07, 6.45) is 8.00. The molecule has 0 unspecified atom stereocenters. The summed E-state index contributed by atoms with van der Waals surface area (Å²) in [5.41, 5.74) is 2.37. The van der Waals surface area contributed by atoms with Gasteiger partial charge < -0.3 is 9.64 Å². The second kappa shape index (κ2) is 12.4. The first-order chi connectivity index (χ1) is 19.1. The van der Waals surface area contributed by atoms with Crippen LogP contribution in [0.4, 0.5) is 16.3 Å². The molecule has 0 N–H and O–H groups in total. The lowest BCUT2D eigenvalue weighted by Crippen LogP contribution is -2.41. The number of aromatic nitrogens is 1. The highest BCUT2D eigenvalue weighted by atomic mass is 79.9. The highest BCUT2D eigenvalue weighted by Gasteiger charge is 2.53. The molecule has 216 valence electrons. The standard InChI is InChI=1S/C29H35BrN4O4.C2H6/c1-28(2,3)38-27(36)33-14-10-19(11-15-33)20-16-22-25(31-17-20)34(26(35)29(22)12-5-4-6-13-29)24-9-7-8-23(30)21(24)18-32-37;1-2/h7-9,16-17,19H,4-6,10-15,18H2,1-3H3;1-2H3. The zero-order valence-electron chi connectivity index (χ0n) is 24.3. The fraction of sp³-hybridized carbons (Fsp3) is 0.581. The topological polar surface area (TPSA) is 92.2 Å². The van der Waals surface area contributed by atoms with Crippen molar-refractivity contribution in [3.05, 3.63) is 56.5 Å². The summed E-state index contributed by atoms with van der Waals surface area (Å²) >= 11 is 3.54. The number of hydrogen-bond donors (Lipinski definition) is 0. The van der Waals surface area contributed by atoms with Gasteiger partial charge in [0.15, 0.2) is 0 Å². The largest absolute Gasteiger partial charge is 0.444 e. The summed E-state index contributed by atoms with van der Waals surface area (Å²) in [6, 6.07) is 7.81. The number of carbonyl (C=O) groups is 2. The number of hydrogen-bond acceptors (Lipinski definition) is 6. The van der Waals surface area contributed by atoms with Crippen LogP contribution in [0.3, 0.4) is 0 Å². The molecular weight excluding hydrogens is 572 g/mol. The summed E-state index contributed by atoms with van der Waals surface area (Å²) in [4.78, 5) is 46.4. The van der Waals surface area contributed by atoms with Gasteiger partial charge in [-0.05, 0) is 76.1 Å². The SMILES string of the molecule is CC.CC(C)(C)OC(=O)N1CCC(c2cnc3c(c2)C2(CCCCC2)C(=O)N3c2cccc(Br)c2CN=O)CC1. The van der Waals surface area contributed by atoms with Gasteiger partial charge in [-0.3, -0.25) is 9.69 Å². The average Bonchev–Trinajstić information content (AvgIpc) is 3.17. The Labute approximate surface area is 246 Å². The maximum Gasteiger partial charge on any atom is 0.410 e. The van der Waals surface area contributed by atoms with Crippen LogP contribution in [0.15, 0.2) is 40.1 Å². The van der Waals surface area contributed by atoms with Gasteiger partial charge in [-0.2, -0.15) is 4.91 Å².